The zero-order valence-corrected chi connectivity index (χ0v) is 27.3. The molecule has 0 aromatic carbocycles. The molecule has 1 aromatic heterocycles. The van der Waals surface area contributed by atoms with Gasteiger partial charge in [-0.05, 0) is 24.7 Å². The summed E-state index contributed by atoms with van der Waals surface area (Å²) in [6.07, 6.45) is 45.0. The first kappa shape index (κ1) is 36.2. The van der Waals surface area contributed by atoms with E-state index in [9.17, 15) is 0 Å². The van der Waals surface area contributed by atoms with Crippen LogP contribution < -0.4 is 4.57 Å². The maximum absolute atomic E-state index is 2.45. The van der Waals surface area contributed by atoms with Crippen LogP contribution in [-0.2, 0) is 6.54 Å². The molecule has 0 unspecified atom stereocenters. The normalized spacial score (nSPS) is 11.9. The van der Waals surface area contributed by atoms with E-state index in [2.05, 4.69) is 55.9 Å². The van der Waals surface area contributed by atoms with Crippen molar-refractivity contribution in [2.45, 2.75) is 207 Å². The molecule has 1 nitrogen and oxygen atoms in total. The first-order valence-corrected chi connectivity index (χ1v) is 18.2. The van der Waals surface area contributed by atoms with Crippen LogP contribution in [-0.4, -0.2) is 0 Å². The fraction of sp³-hybridized carbons (Fsp3) is 0.868. The molecule has 1 rings (SSSR count). The SMILES string of the molecule is CCCCCCCCCCC(CCCCCCCCCC)(CCCCCCCCCC)CC[n+]1ccccc1. The zero-order chi connectivity index (χ0) is 28.1. The second-order valence-corrected chi connectivity index (χ2v) is 13.0. The molecule has 0 aliphatic heterocycles. The molecule has 228 valence electrons. The van der Waals surface area contributed by atoms with Crippen molar-refractivity contribution in [2.75, 3.05) is 0 Å². The van der Waals surface area contributed by atoms with Crippen LogP contribution in [0.25, 0.3) is 0 Å². The van der Waals surface area contributed by atoms with E-state index >= 15 is 0 Å². The Balaban J connectivity index is 2.64. The lowest BCUT2D eigenvalue weighted by atomic mass is 9.71. The minimum absolute atomic E-state index is 0.565. The van der Waals surface area contributed by atoms with Crippen LogP contribution in [0.1, 0.15) is 201 Å². The van der Waals surface area contributed by atoms with Crippen LogP contribution in [0, 0.1) is 5.41 Å². The molecule has 0 amide bonds. The summed E-state index contributed by atoms with van der Waals surface area (Å²) >= 11 is 0. The van der Waals surface area contributed by atoms with Crippen LogP contribution in [0.15, 0.2) is 30.6 Å². The number of nitrogens with zero attached hydrogens (tertiary/aromatic N) is 1. The third-order valence-corrected chi connectivity index (χ3v) is 9.36. The lowest BCUT2D eigenvalue weighted by Gasteiger charge is -2.34. The van der Waals surface area contributed by atoms with Crippen molar-refractivity contribution in [1.29, 1.82) is 0 Å². The van der Waals surface area contributed by atoms with Crippen molar-refractivity contribution in [1.82, 2.24) is 0 Å². The summed E-state index contributed by atoms with van der Waals surface area (Å²) in [6, 6.07) is 6.57. The third-order valence-electron chi connectivity index (χ3n) is 9.36. The second-order valence-electron chi connectivity index (χ2n) is 13.0. The summed E-state index contributed by atoms with van der Waals surface area (Å²) in [6.45, 7) is 8.18. The number of rotatable bonds is 30. The number of unbranched alkanes of at least 4 members (excludes halogenated alkanes) is 21. The maximum Gasteiger partial charge on any atom is 0.168 e. The fourth-order valence-electron chi connectivity index (χ4n) is 6.60. The molecule has 0 bridgehead atoms. The molecule has 1 aromatic rings. The van der Waals surface area contributed by atoms with E-state index < -0.39 is 0 Å². The van der Waals surface area contributed by atoms with Crippen LogP contribution in [0.4, 0.5) is 0 Å². The maximum atomic E-state index is 2.45. The Bertz CT molecular complexity index is 544. The Hall–Kier alpha value is -0.850. The predicted molar refractivity (Wildman–Crippen MR) is 175 cm³/mol. The molecular formula is C38H72N+. The molecule has 0 fully saturated rings. The van der Waals surface area contributed by atoms with Gasteiger partial charge in [-0.15, -0.1) is 0 Å². The van der Waals surface area contributed by atoms with E-state index in [1.165, 1.54) is 186 Å². The first-order chi connectivity index (χ1) is 19.3. The third kappa shape index (κ3) is 21.6. The van der Waals surface area contributed by atoms with E-state index in [1.54, 1.807) is 0 Å². The minimum atomic E-state index is 0.565. The minimum Gasteiger partial charge on any atom is -0.205 e. The Morgan fingerprint density at radius 3 is 1.00 bits per heavy atom. The molecule has 1 heterocycles. The van der Waals surface area contributed by atoms with Gasteiger partial charge in [0, 0.05) is 18.6 Å². The van der Waals surface area contributed by atoms with Gasteiger partial charge >= 0.3 is 0 Å². The van der Waals surface area contributed by atoms with Gasteiger partial charge in [-0.1, -0.05) is 181 Å². The Kier molecular flexibility index (Phi) is 25.3. The summed E-state index contributed by atoms with van der Waals surface area (Å²) < 4.78 is 2.45. The lowest BCUT2D eigenvalue weighted by molar-refractivity contribution is -0.699. The van der Waals surface area contributed by atoms with Crippen LogP contribution in [0.3, 0.4) is 0 Å². The summed E-state index contributed by atoms with van der Waals surface area (Å²) in [5.41, 5.74) is 0.565. The summed E-state index contributed by atoms with van der Waals surface area (Å²) in [7, 11) is 0. The van der Waals surface area contributed by atoms with E-state index in [0.717, 1.165) is 0 Å². The van der Waals surface area contributed by atoms with E-state index in [1.807, 2.05) is 0 Å². The molecule has 0 saturated carbocycles. The second kappa shape index (κ2) is 27.3. The Morgan fingerprint density at radius 2 is 0.667 bits per heavy atom. The van der Waals surface area contributed by atoms with E-state index in [-0.39, 0.29) is 0 Å². The van der Waals surface area contributed by atoms with Gasteiger partial charge in [0.25, 0.3) is 0 Å². The molecule has 1 heteroatoms. The van der Waals surface area contributed by atoms with Crippen molar-refractivity contribution in [3.63, 3.8) is 0 Å². The van der Waals surface area contributed by atoms with Gasteiger partial charge in [0.05, 0.1) is 0 Å². The van der Waals surface area contributed by atoms with Gasteiger partial charge in [-0.25, -0.2) is 4.57 Å². The molecule has 0 N–H and O–H groups in total. The topological polar surface area (TPSA) is 3.88 Å². The summed E-state index contributed by atoms with van der Waals surface area (Å²) in [4.78, 5) is 0. The largest absolute Gasteiger partial charge is 0.205 e. The summed E-state index contributed by atoms with van der Waals surface area (Å²) in [5.74, 6) is 0. The standard InChI is InChI=1S/C38H72N/c1-4-7-10-13-16-19-22-26-31-38(34-37-39-35-29-25-30-36-39,32-27-23-20-17-14-11-8-5-2)33-28-24-21-18-15-12-9-6-3/h25,29-30,35-36H,4-24,26-28,31-34,37H2,1-3H3/q+1. The smallest absolute Gasteiger partial charge is 0.168 e. The first-order valence-electron chi connectivity index (χ1n) is 18.2. The molecule has 0 aliphatic rings. The predicted octanol–water partition coefficient (Wildman–Crippen LogP) is 12.9. The molecule has 0 atom stereocenters. The molecule has 0 saturated heterocycles. The molecule has 0 spiro atoms. The van der Waals surface area contributed by atoms with Gasteiger partial charge < -0.3 is 0 Å². The average molecular weight is 543 g/mol. The number of pyridine rings is 1. The van der Waals surface area contributed by atoms with E-state index in [4.69, 9.17) is 0 Å². The summed E-state index contributed by atoms with van der Waals surface area (Å²) in [5, 5.41) is 0. The number of hydrogen-bond donors (Lipinski definition) is 0. The van der Waals surface area contributed by atoms with E-state index in [0.29, 0.717) is 5.41 Å². The Labute approximate surface area is 247 Å². The average Bonchev–Trinajstić information content (AvgIpc) is 2.96. The monoisotopic (exact) mass is 543 g/mol. The molecule has 39 heavy (non-hydrogen) atoms. The van der Waals surface area contributed by atoms with Crippen molar-refractivity contribution >= 4 is 0 Å². The highest BCUT2D eigenvalue weighted by Crippen LogP contribution is 2.41. The number of aromatic nitrogens is 1. The molecular weight excluding hydrogens is 470 g/mol. The van der Waals surface area contributed by atoms with Crippen molar-refractivity contribution < 1.29 is 4.57 Å². The number of hydrogen-bond acceptors (Lipinski definition) is 0. The quantitative estimate of drug-likeness (QED) is 0.0672. The highest BCUT2D eigenvalue weighted by atomic mass is 14.9. The van der Waals surface area contributed by atoms with Crippen LogP contribution in [0.2, 0.25) is 0 Å². The molecule has 0 aliphatic carbocycles. The highest BCUT2D eigenvalue weighted by Gasteiger charge is 2.30. The Morgan fingerprint density at radius 1 is 0.359 bits per heavy atom. The van der Waals surface area contributed by atoms with Gasteiger partial charge in [0.1, 0.15) is 6.54 Å². The van der Waals surface area contributed by atoms with Crippen LogP contribution in [0.5, 0.6) is 0 Å². The van der Waals surface area contributed by atoms with Crippen molar-refractivity contribution in [2.24, 2.45) is 5.41 Å². The highest BCUT2D eigenvalue weighted by molar-refractivity contribution is 4.84. The van der Waals surface area contributed by atoms with Crippen LogP contribution >= 0.6 is 0 Å². The molecule has 0 radical (unpaired) electrons. The van der Waals surface area contributed by atoms with Gasteiger partial charge in [0.2, 0.25) is 0 Å². The fourth-order valence-corrected chi connectivity index (χ4v) is 6.60. The van der Waals surface area contributed by atoms with Crippen molar-refractivity contribution in [3.05, 3.63) is 30.6 Å². The number of aryl methyl sites for hydroxylation is 1. The van der Waals surface area contributed by atoms with Gasteiger partial charge in [0.15, 0.2) is 12.4 Å². The van der Waals surface area contributed by atoms with Gasteiger partial charge in [-0.3, -0.25) is 0 Å². The zero-order valence-electron chi connectivity index (χ0n) is 27.3. The van der Waals surface area contributed by atoms with Gasteiger partial charge in [-0.2, -0.15) is 0 Å². The lowest BCUT2D eigenvalue weighted by Crippen LogP contribution is -2.36. The van der Waals surface area contributed by atoms with Crippen molar-refractivity contribution in [3.8, 4) is 0 Å².